The van der Waals surface area contributed by atoms with Crippen LogP contribution in [0, 0.1) is 5.82 Å². The molecule has 1 aromatic carbocycles. The molecule has 2 unspecified atom stereocenters. The number of urea groups is 1. The van der Waals surface area contributed by atoms with Crippen LogP contribution in [0.5, 0.6) is 0 Å². The molecule has 1 aromatic heterocycles. The highest BCUT2D eigenvalue weighted by atomic mass is 19.1. The fourth-order valence-electron chi connectivity index (χ4n) is 3.05. The summed E-state index contributed by atoms with van der Waals surface area (Å²) in [7, 11) is 0. The molecule has 0 bridgehead atoms. The van der Waals surface area contributed by atoms with Crippen molar-refractivity contribution in [2.45, 2.75) is 43.7 Å². The lowest BCUT2D eigenvalue weighted by atomic mass is 9.96. The molecule has 3 rings (SSSR count). The van der Waals surface area contributed by atoms with Crippen molar-refractivity contribution in [3.8, 4) is 0 Å². The van der Waals surface area contributed by atoms with Crippen molar-refractivity contribution in [1.82, 2.24) is 10.6 Å². The normalized spacial score (nSPS) is 17.6. The first-order valence-corrected chi connectivity index (χ1v) is 8.50. The van der Waals surface area contributed by atoms with E-state index in [1.165, 1.54) is 18.4 Å². The fourth-order valence-corrected chi connectivity index (χ4v) is 3.05. The van der Waals surface area contributed by atoms with E-state index in [-0.39, 0.29) is 23.3 Å². The Labute approximate surface area is 146 Å². The summed E-state index contributed by atoms with van der Waals surface area (Å²) in [6, 6.07) is 9.46. The van der Waals surface area contributed by atoms with Gasteiger partial charge in [0.1, 0.15) is 17.7 Å². The Morgan fingerprint density at radius 1 is 1.36 bits per heavy atom. The number of aliphatic hydroxyl groups excluding tert-OH is 1. The van der Waals surface area contributed by atoms with E-state index in [9.17, 15) is 14.3 Å². The Hall–Kier alpha value is -2.34. The number of benzene rings is 1. The number of furan rings is 1. The van der Waals surface area contributed by atoms with Gasteiger partial charge in [0, 0.05) is 24.4 Å². The molecule has 0 spiro atoms. The van der Waals surface area contributed by atoms with Crippen LogP contribution in [0.3, 0.4) is 0 Å². The number of halogens is 1. The predicted molar refractivity (Wildman–Crippen MR) is 91.6 cm³/mol. The molecule has 1 aliphatic rings. The van der Waals surface area contributed by atoms with Crippen LogP contribution in [0.1, 0.15) is 43.6 Å². The predicted octanol–water partition coefficient (Wildman–Crippen LogP) is 3.26. The van der Waals surface area contributed by atoms with Crippen molar-refractivity contribution < 1.29 is 18.7 Å². The average Bonchev–Trinajstić information content (AvgIpc) is 3.16. The number of aliphatic hydroxyl groups is 1. The van der Waals surface area contributed by atoms with Gasteiger partial charge in [-0.05, 0) is 49.6 Å². The molecule has 1 fully saturated rings. The van der Waals surface area contributed by atoms with Gasteiger partial charge in [-0.2, -0.15) is 0 Å². The van der Waals surface area contributed by atoms with Crippen molar-refractivity contribution in [3.05, 3.63) is 59.8 Å². The first-order chi connectivity index (χ1) is 12.0. The maximum Gasteiger partial charge on any atom is 0.315 e. The monoisotopic (exact) mass is 346 g/mol. The van der Waals surface area contributed by atoms with Crippen molar-refractivity contribution in [2.24, 2.45) is 0 Å². The molecule has 1 aliphatic carbocycles. The lowest BCUT2D eigenvalue weighted by Gasteiger charge is -2.20. The number of rotatable bonds is 7. The molecular weight excluding hydrogens is 323 g/mol. The third-order valence-electron chi connectivity index (χ3n) is 4.70. The van der Waals surface area contributed by atoms with E-state index in [0.29, 0.717) is 18.7 Å². The molecule has 1 heterocycles. The summed E-state index contributed by atoms with van der Waals surface area (Å²) < 4.78 is 18.6. The molecule has 0 radical (unpaired) electrons. The third kappa shape index (κ3) is 4.39. The lowest BCUT2D eigenvalue weighted by Crippen LogP contribution is -2.44. The van der Waals surface area contributed by atoms with Crippen molar-refractivity contribution in [1.29, 1.82) is 0 Å². The summed E-state index contributed by atoms with van der Waals surface area (Å²) in [6.45, 7) is 2.29. The molecule has 6 heteroatoms. The number of carbonyl (C=O) groups excluding carboxylic acids is 1. The van der Waals surface area contributed by atoms with Crippen LogP contribution in [0.2, 0.25) is 0 Å². The Morgan fingerprint density at radius 2 is 2.16 bits per heavy atom. The Balaban J connectivity index is 1.46. The fraction of sp³-hybridized carbons (Fsp3) is 0.421. The SMILES string of the molecule is CC(CC(O)c1ccco1)NC(=O)NCC1(c2cccc(F)c2)CC1. The van der Waals surface area contributed by atoms with Crippen LogP contribution in [-0.2, 0) is 5.41 Å². The minimum Gasteiger partial charge on any atom is -0.467 e. The second kappa shape index (κ2) is 7.27. The van der Waals surface area contributed by atoms with Gasteiger partial charge in [0.25, 0.3) is 0 Å². The molecule has 0 aliphatic heterocycles. The third-order valence-corrected chi connectivity index (χ3v) is 4.70. The summed E-state index contributed by atoms with van der Waals surface area (Å²) >= 11 is 0. The Morgan fingerprint density at radius 3 is 2.80 bits per heavy atom. The van der Waals surface area contributed by atoms with Gasteiger partial charge in [-0.15, -0.1) is 0 Å². The van der Waals surface area contributed by atoms with Crippen molar-refractivity contribution >= 4 is 6.03 Å². The Bertz CT molecular complexity index is 713. The zero-order chi connectivity index (χ0) is 17.9. The maximum absolute atomic E-state index is 13.4. The highest BCUT2D eigenvalue weighted by Crippen LogP contribution is 2.47. The zero-order valence-electron chi connectivity index (χ0n) is 14.2. The summed E-state index contributed by atoms with van der Waals surface area (Å²) in [5, 5.41) is 15.7. The molecule has 5 nitrogen and oxygen atoms in total. The molecule has 134 valence electrons. The van der Waals surface area contributed by atoms with E-state index in [1.807, 2.05) is 13.0 Å². The number of amides is 2. The summed E-state index contributed by atoms with van der Waals surface area (Å²) in [4.78, 5) is 12.1. The summed E-state index contributed by atoms with van der Waals surface area (Å²) in [6.07, 6.45) is 2.97. The maximum atomic E-state index is 13.4. The summed E-state index contributed by atoms with van der Waals surface area (Å²) in [5.41, 5.74) is 0.769. The largest absolute Gasteiger partial charge is 0.467 e. The first kappa shape index (κ1) is 17.5. The van der Waals surface area contributed by atoms with E-state index < -0.39 is 6.10 Å². The smallest absolute Gasteiger partial charge is 0.315 e. The Kier molecular flexibility index (Phi) is 5.08. The summed E-state index contributed by atoms with van der Waals surface area (Å²) in [5.74, 6) is 0.228. The van der Waals surface area contributed by atoms with Gasteiger partial charge in [-0.25, -0.2) is 9.18 Å². The minimum atomic E-state index is -0.757. The van der Waals surface area contributed by atoms with Crippen LogP contribution in [-0.4, -0.2) is 23.7 Å². The van der Waals surface area contributed by atoms with Gasteiger partial charge >= 0.3 is 6.03 Å². The van der Waals surface area contributed by atoms with Crippen LogP contribution in [0.25, 0.3) is 0 Å². The van der Waals surface area contributed by atoms with E-state index in [4.69, 9.17) is 4.42 Å². The van der Waals surface area contributed by atoms with Gasteiger partial charge in [-0.1, -0.05) is 12.1 Å². The average molecular weight is 346 g/mol. The molecule has 2 aromatic rings. The molecule has 2 atom stereocenters. The minimum absolute atomic E-state index is 0.156. The number of carbonyl (C=O) groups is 1. The number of hydrogen-bond acceptors (Lipinski definition) is 3. The zero-order valence-corrected chi connectivity index (χ0v) is 14.2. The highest BCUT2D eigenvalue weighted by molar-refractivity contribution is 5.74. The van der Waals surface area contributed by atoms with E-state index in [1.54, 1.807) is 18.2 Å². The van der Waals surface area contributed by atoms with Crippen LogP contribution < -0.4 is 10.6 Å². The second-order valence-electron chi connectivity index (χ2n) is 6.79. The van der Waals surface area contributed by atoms with E-state index >= 15 is 0 Å². The van der Waals surface area contributed by atoms with Crippen molar-refractivity contribution in [2.75, 3.05) is 6.54 Å². The number of hydrogen-bond donors (Lipinski definition) is 3. The molecular formula is C19H23FN2O3. The first-order valence-electron chi connectivity index (χ1n) is 8.50. The molecule has 3 N–H and O–H groups in total. The number of nitrogens with one attached hydrogen (secondary N) is 2. The molecule has 25 heavy (non-hydrogen) atoms. The molecule has 0 saturated heterocycles. The van der Waals surface area contributed by atoms with Gasteiger partial charge in [-0.3, -0.25) is 0 Å². The van der Waals surface area contributed by atoms with Gasteiger partial charge in [0.2, 0.25) is 0 Å². The van der Waals surface area contributed by atoms with E-state index in [2.05, 4.69) is 10.6 Å². The van der Waals surface area contributed by atoms with Gasteiger partial charge in [0.05, 0.1) is 6.26 Å². The van der Waals surface area contributed by atoms with Crippen LogP contribution >= 0.6 is 0 Å². The standard InChI is InChI=1S/C19H23FN2O3/c1-13(10-16(23)17-6-3-9-25-17)22-18(24)21-12-19(7-8-19)14-4-2-5-15(20)11-14/h2-6,9,11,13,16,23H,7-8,10,12H2,1H3,(H2,21,22,24). The second-order valence-corrected chi connectivity index (χ2v) is 6.79. The van der Waals surface area contributed by atoms with Crippen molar-refractivity contribution in [3.63, 3.8) is 0 Å². The highest BCUT2D eigenvalue weighted by Gasteiger charge is 2.44. The van der Waals surface area contributed by atoms with Crippen LogP contribution in [0.4, 0.5) is 9.18 Å². The van der Waals surface area contributed by atoms with E-state index in [0.717, 1.165) is 18.4 Å². The van der Waals surface area contributed by atoms with Gasteiger partial charge in [0.15, 0.2) is 0 Å². The van der Waals surface area contributed by atoms with Gasteiger partial charge < -0.3 is 20.2 Å². The molecule has 2 amide bonds. The lowest BCUT2D eigenvalue weighted by molar-refractivity contribution is 0.129. The van der Waals surface area contributed by atoms with Crippen LogP contribution in [0.15, 0.2) is 47.1 Å². The topological polar surface area (TPSA) is 74.5 Å². The molecule has 1 saturated carbocycles. The quantitative estimate of drug-likeness (QED) is 0.720.